The summed E-state index contributed by atoms with van der Waals surface area (Å²) in [4.78, 5) is 0. The van der Waals surface area contributed by atoms with Gasteiger partial charge in [-0.3, -0.25) is 0 Å². The molecule has 0 saturated carbocycles. The molecule has 136 valence electrons. The predicted octanol–water partition coefficient (Wildman–Crippen LogP) is 6.30. The van der Waals surface area contributed by atoms with Crippen LogP contribution >= 0.6 is 0 Å². The normalized spacial score (nSPS) is 12.0. The lowest BCUT2D eigenvalue weighted by molar-refractivity contribution is -0.929. The van der Waals surface area contributed by atoms with Crippen molar-refractivity contribution in [3.8, 4) is 0 Å². The number of unbranched alkanes of at least 4 members (excludes halogenated alkanes) is 4. The van der Waals surface area contributed by atoms with E-state index in [9.17, 15) is 17.3 Å². The molecule has 6 heteroatoms. The Labute approximate surface area is 135 Å². The highest BCUT2D eigenvalue weighted by atomic mass is 19.5. The Morgan fingerprint density at radius 3 is 0.864 bits per heavy atom. The quantitative estimate of drug-likeness (QED) is 0.224. The van der Waals surface area contributed by atoms with Crippen molar-refractivity contribution in [2.45, 2.75) is 79.1 Å². The average molecular weight is 329 g/mol. The molecule has 0 rings (SSSR count). The molecule has 0 radical (unpaired) electrons. The van der Waals surface area contributed by atoms with Gasteiger partial charge in [-0.1, -0.05) is 53.4 Å². The Balaban J connectivity index is 0. The molecule has 0 heterocycles. The molecule has 0 aromatic rings. The largest absolute Gasteiger partial charge is 0.673 e. The van der Waals surface area contributed by atoms with Crippen molar-refractivity contribution in [1.29, 1.82) is 0 Å². The minimum absolute atomic E-state index is 1.35. The number of rotatable bonds is 12. The van der Waals surface area contributed by atoms with Crippen LogP contribution in [0, 0.1) is 0 Å². The van der Waals surface area contributed by atoms with E-state index in [2.05, 4.69) is 27.7 Å². The third kappa shape index (κ3) is 17.8. The molecule has 0 aromatic carbocycles. The summed E-state index contributed by atoms with van der Waals surface area (Å²) in [6.45, 7) is 15.0. The Hall–Kier alpha value is -0.255. The number of nitrogens with zero attached hydrogens (tertiary/aromatic N) is 1. The van der Waals surface area contributed by atoms with Gasteiger partial charge in [-0.05, 0) is 25.7 Å². The molecular weight excluding hydrogens is 293 g/mol. The molecule has 0 aliphatic carbocycles. The van der Waals surface area contributed by atoms with Crippen molar-refractivity contribution in [3.05, 3.63) is 0 Å². The molecular formula is C16H36BF4N. The van der Waals surface area contributed by atoms with Crippen LogP contribution in [-0.4, -0.2) is 37.9 Å². The van der Waals surface area contributed by atoms with Crippen LogP contribution in [0.15, 0.2) is 0 Å². The third-order valence-electron chi connectivity index (χ3n) is 3.94. The first kappa shape index (κ1) is 24.0. The van der Waals surface area contributed by atoms with Gasteiger partial charge in [0.05, 0.1) is 26.2 Å². The molecule has 0 aliphatic rings. The maximum absolute atomic E-state index is 9.75. The van der Waals surface area contributed by atoms with Gasteiger partial charge in [0, 0.05) is 0 Å². The van der Waals surface area contributed by atoms with E-state index >= 15 is 0 Å². The van der Waals surface area contributed by atoms with Crippen molar-refractivity contribution in [2.75, 3.05) is 26.2 Å². The topological polar surface area (TPSA) is 0 Å². The fourth-order valence-electron chi connectivity index (χ4n) is 2.64. The first-order chi connectivity index (χ1) is 10.2. The zero-order chi connectivity index (χ0) is 17.5. The third-order valence-corrected chi connectivity index (χ3v) is 3.94. The van der Waals surface area contributed by atoms with Crippen molar-refractivity contribution >= 4 is 7.25 Å². The monoisotopic (exact) mass is 329 g/mol. The van der Waals surface area contributed by atoms with E-state index in [1.165, 1.54) is 82.0 Å². The van der Waals surface area contributed by atoms with Gasteiger partial charge in [-0.2, -0.15) is 0 Å². The fraction of sp³-hybridized carbons (Fsp3) is 1.00. The van der Waals surface area contributed by atoms with Gasteiger partial charge < -0.3 is 21.7 Å². The Morgan fingerprint density at radius 2 is 0.727 bits per heavy atom. The Morgan fingerprint density at radius 1 is 0.545 bits per heavy atom. The lowest BCUT2D eigenvalue weighted by Crippen LogP contribution is -2.50. The molecule has 0 bridgehead atoms. The van der Waals surface area contributed by atoms with Gasteiger partial charge in [0.2, 0.25) is 0 Å². The van der Waals surface area contributed by atoms with Gasteiger partial charge in [-0.15, -0.1) is 0 Å². The molecule has 0 fully saturated rings. The fourth-order valence-corrected chi connectivity index (χ4v) is 2.64. The second-order valence-electron chi connectivity index (χ2n) is 6.15. The van der Waals surface area contributed by atoms with Crippen molar-refractivity contribution in [3.63, 3.8) is 0 Å². The molecule has 0 N–H and O–H groups in total. The number of hydrogen-bond acceptors (Lipinski definition) is 0. The van der Waals surface area contributed by atoms with Crippen LogP contribution < -0.4 is 0 Å². The minimum Gasteiger partial charge on any atom is -0.418 e. The summed E-state index contributed by atoms with van der Waals surface area (Å²) < 4.78 is 40.4. The van der Waals surface area contributed by atoms with Crippen molar-refractivity contribution < 1.29 is 21.7 Å². The molecule has 22 heavy (non-hydrogen) atoms. The smallest absolute Gasteiger partial charge is 0.418 e. The summed E-state index contributed by atoms with van der Waals surface area (Å²) in [5.74, 6) is 0. The van der Waals surface area contributed by atoms with E-state index < -0.39 is 7.25 Å². The Bertz CT molecular complexity index is 191. The van der Waals surface area contributed by atoms with Crippen LogP contribution in [0.3, 0.4) is 0 Å². The summed E-state index contributed by atoms with van der Waals surface area (Å²) in [5, 5.41) is 0. The molecule has 0 unspecified atom stereocenters. The van der Waals surface area contributed by atoms with E-state index in [4.69, 9.17) is 0 Å². The van der Waals surface area contributed by atoms with Crippen LogP contribution in [0.1, 0.15) is 79.1 Å². The maximum atomic E-state index is 9.75. The van der Waals surface area contributed by atoms with Gasteiger partial charge in [0.1, 0.15) is 0 Å². The van der Waals surface area contributed by atoms with Gasteiger partial charge >= 0.3 is 7.25 Å². The van der Waals surface area contributed by atoms with Crippen LogP contribution in [0.5, 0.6) is 0 Å². The zero-order valence-electron chi connectivity index (χ0n) is 15.0. The zero-order valence-corrected chi connectivity index (χ0v) is 15.0. The molecule has 0 spiro atoms. The van der Waals surface area contributed by atoms with Crippen molar-refractivity contribution in [1.82, 2.24) is 0 Å². The van der Waals surface area contributed by atoms with E-state index in [1.807, 2.05) is 0 Å². The number of halogens is 4. The second kappa shape index (κ2) is 14.3. The average Bonchev–Trinajstić information content (AvgIpc) is 2.44. The molecule has 0 aliphatic heterocycles. The van der Waals surface area contributed by atoms with E-state index in [0.717, 1.165) is 0 Å². The summed E-state index contributed by atoms with van der Waals surface area (Å²) in [7, 11) is -6.00. The molecule has 0 amide bonds. The maximum Gasteiger partial charge on any atom is 0.673 e. The number of quaternary nitrogens is 1. The predicted molar refractivity (Wildman–Crippen MR) is 89.5 cm³/mol. The van der Waals surface area contributed by atoms with Crippen LogP contribution in [0.2, 0.25) is 0 Å². The first-order valence-electron chi connectivity index (χ1n) is 8.97. The van der Waals surface area contributed by atoms with Gasteiger partial charge in [-0.25, -0.2) is 0 Å². The second-order valence-corrected chi connectivity index (χ2v) is 6.15. The van der Waals surface area contributed by atoms with Crippen LogP contribution in [0.4, 0.5) is 17.3 Å². The lowest BCUT2D eigenvalue weighted by atomic mass is 10.1. The van der Waals surface area contributed by atoms with Gasteiger partial charge in [0.15, 0.2) is 0 Å². The van der Waals surface area contributed by atoms with Crippen LogP contribution in [-0.2, 0) is 0 Å². The molecule has 0 aromatic heterocycles. The highest BCUT2D eigenvalue weighted by Gasteiger charge is 2.24. The van der Waals surface area contributed by atoms with E-state index in [0.29, 0.717) is 0 Å². The lowest BCUT2D eigenvalue weighted by Gasteiger charge is -2.39. The summed E-state index contributed by atoms with van der Waals surface area (Å²) in [5.41, 5.74) is 0. The number of hydrogen-bond donors (Lipinski definition) is 0. The van der Waals surface area contributed by atoms with Gasteiger partial charge in [0.25, 0.3) is 0 Å². The minimum atomic E-state index is -6.00. The summed E-state index contributed by atoms with van der Waals surface area (Å²) in [6, 6.07) is 0. The van der Waals surface area contributed by atoms with E-state index in [-0.39, 0.29) is 0 Å². The molecule has 1 nitrogen and oxygen atoms in total. The van der Waals surface area contributed by atoms with E-state index in [1.54, 1.807) is 0 Å². The standard InChI is InChI=1S/C16H36N.BF4/c1-5-9-13-17(14-10-6-2,15-11-7-3)16-12-8-4;2-1(3,4)5/h5-16H2,1-4H3;/q+1;-1. The molecule has 0 saturated heterocycles. The summed E-state index contributed by atoms with van der Waals surface area (Å²) >= 11 is 0. The van der Waals surface area contributed by atoms with Crippen molar-refractivity contribution in [2.24, 2.45) is 0 Å². The highest BCUT2D eigenvalue weighted by Crippen LogP contribution is 2.16. The SMILES string of the molecule is CCCC[N+](CCCC)(CCCC)CCCC.F[B-](F)(F)F. The summed E-state index contributed by atoms with van der Waals surface area (Å²) in [6.07, 6.45) is 11.1. The Kier molecular flexibility index (Phi) is 15.7. The van der Waals surface area contributed by atoms with Crippen LogP contribution in [0.25, 0.3) is 0 Å². The first-order valence-corrected chi connectivity index (χ1v) is 8.97. The molecule has 0 atom stereocenters. The highest BCUT2D eigenvalue weighted by molar-refractivity contribution is 6.50.